The molecule has 0 N–H and O–H groups in total. The molecule has 0 aromatic heterocycles. The normalized spacial score (nSPS) is 15.2. The number of carbonyl (C=O) groups is 1. The molecule has 2 unspecified atom stereocenters. The van der Waals surface area contributed by atoms with Gasteiger partial charge in [-0.1, -0.05) is 46.1 Å². The Morgan fingerprint density at radius 1 is 1.33 bits per heavy atom. The molecule has 0 heterocycles. The fourth-order valence-corrected chi connectivity index (χ4v) is 1.40. The molecule has 0 aromatic carbocycles. The Morgan fingerprint density at radius 2 is 2.00 bits per heavy atom. The van der Waals surface area contributed by atoms with E-state index in [0.717, 1.165) is 0 Å². The van der Waals surface area contributed by atoms with Crippen molar-refractivity contribution >= 4 is 5.97 Å². The van der Waals surface area contributed by atoms with Gasteiger partial charge in [0.05, 0.1) is 6.61 Å². The number of carbonyl (C=O) groups excluding carboxylic acids is 1. The smallest absolute Gasteiger partial charge is 0.330 e. The summed E-state index contributed by atoms with van der Waals surface area (Å²) in [5.74, 6) is 0.851. The van der Waals surface area contributed by atoms with E-state index in [9.17, 15) is 4.79 Å². The average Bonchev–Trinajstić information content (AvgIpc) is 2.22. The minimum absolute atomic E-state index is 0.230. The van der Waals surface area contributed by atoms with Crippen LogP contribution in [0, 0.1) is 11.8 Å². The highest BCUT2D eigenvalue weighted by molar-refractivity contribution is 5.81. The Kier molecular flexibility index (Phi) is 8.06. The van der Waals surface area contributed by atoms with Crippen LogP contribution in [0.25, 0.3) is 0 Å². The van der Waals surface area contributed by atoms with Gasteiger partial charge in [-0.15, -0.1) is 0 Å². The zero-order valence-corrected chi connectivity index (χ0v) is 10.5. The van der Waals surface area contributed by atoms with Crippen molar-refractivity contribution in [2.75, 3.05) is 6.61 Å². The maximum Gasteiger partial charge on any atom is 0.330 e. The number of unbranched alkanes of at least 4 members (excludes halogenated alkanes) is 1. The van der Waals surface area contributed by atoms with Gasteiger partial charge in [-0.25, -0.2) is 4.79 Å². The molecule has 0 aliphatic rings. The Labute approximate surface area is 93.7 Å². The molecule has 0 saturated heterocycles. The number of allylic oxidation sites excluding steroid dienone is 1. The third-order valence-corrected chi connectivity index (χ3v) is 2.73. The molecule has 0 aliphatic carbocycles. The average molecular weight is 212 g/mol. The van der Waals surface area contributed by atoms with Crippen LogP contribution in [0.5, 0.6) is 0 Å². The monoisotopic (exact) mass is 212 g/mol. The first kappa shape index (κ1) is 14.2. The molecule has 0 aromatic rings. The van der Waals surface area contributed by atoms with Crippen molar-refractivity contribution in [3.63, 3.8) is 0 Å². The quantitative estimate of drug-likeness (QED) is 0.476. The van der Waals surface area contributed by atoms with E-state index in [2.05, 4.69) is 20.8 Å². The van der Waals surface area contributed by atoms with E-state index >= 15 is 0 Å². The largest absolute Gasteiger partial charge is 0.463 e. The molecule has 2 nitrogen and oxygen atoms in total. The van der Waals surface area contributed by atoms with Crippen LogP contribution in [0.2, 0.25) is 0 Å². The van der Waals surface area contributed by atoms with Crippen molar-refractivity contribution in [2.45, 2.75) is 47.0 Å². The van der Waals surface area contributed by atoms with Gasteiger partial charge >= 0.3 is 5.97 Å². The third kappa shape index (κ3) is 7.18. The van der Waals surface area contributed by atoms with Crippen molar-refractivity contribution in [3.05, 3.63) is 12.2 Å². The van der Waals surface area contributed by atoms with E-state index in [1.54, 1.807) is 6.08 Å². The second-order valence-corrected chi connectivity index (χ2v) is 4.09. The van der Waals surface area contributed by atoms with E-state index in [-0.39, 0.29) is 5.97 Å². The Morgan fingerprint density at radius 3 is 2.53 bits per heavy atom. The van der Waals surface area contributed by atoms with E-state index in [1.165, 1.54) is 19.3 Å². The Balaban J connectivity index is 3.88. The number of hydrogen-bond donors (Lipinski definition) is 0. The lowest BCUT2D eigenvalue weighted by Gasteiger charge is -2.15. The van der Waals surface area contributed by atoms with Gasteiger partial charge in [0, 0.05) is 6.08 Å². The first-order chi connectivity index (χ1) is 7.11. The van der Waals surface area contributed by atoms with E-state index in [0.29, 0.717) is 18.4 Å². The third-order valence-electron chi connectivity index (χ3n) is 2.73. The second-order valence-electron chi connectivity index (χ2n) is 4.09. The molecule has 0 spiro atoms. The van der Waals surface area contributed by atoms with Gasteiger partial charge in [0.25, 0.3) is 0 Å². The van der Waals surface area contributed by atoms with E-state index in [1.807, 2.05) is 13.0 Å². The van der Waals surface area contributed by atoms with Crippen LogP contribution < -0.4 is 0 Å². The summed E-state index contributed by atoms with van der Waals surface area (Å²) < 4.78 is 4.83. The van der Waals surface area contributed by atoms with Crippen LogP contribution in [0.4, 0.5) is 0 Å². The molecule has 0 rings (SSSR count). The Hall–Kier alpha value is -0.790. The van der Waals surface area contributed by atoms with Crippen LogP contribution in [-0.4, -0.2) is 12.6 Å². The highest BCUT2D eigenvalue weighted by atomic mass is 16.5. The molecular formula is C13H24O2. The number of esters is 1. The van der Waals surface area contributed by atoms with Crippen LogP contribution in [0.3, 0.4) is 0 Å². The lowest BCUT2D eigenvalue weighted by molar-refractivity contribution is -0.137. The van der Waals surface area contributed by atoms with Crippen LogP contribution in [0.1, 0.15) is 47.0 Å². The number of ether oxygens (including phenoxy) is 1. The summed E-state index contributed by atoms with van der Waals surface area (Å²) in [4.78, 5) is 11.1. The van der Waals surface area contributed by atoms with Crippen molar-refractivity contribution < 1.29 is 9.53 Å². The fourth-order valence-electron chi connectivity index (χ4n) is 1.40. The first-order valence-corrected chi connectivity index (χ1v) is 5.96. The van der Waals surface area contributed by atoms with Crippen LogP contribution >= 0.6 is 0 Å². The molecule has 2 atom stereocenters. The predicted molar refractivity (Wildman–Crippen MR) is 63.6 cm³/mol. The van der Waals surface area contributed by atoms with Gasteiger partial charge < -0.3 is 4.74 Å². The van der Waals surface area contributed by atoms with E-state index in [4.69, 9.17) is 4.74 Å². The van der Waals surface area contributed by atoms with Gasteiger partial charge in [0.1, 0.15) is 0 Å². The Bertz CT molecular complexity index is 197. The summed E-state index contributed by atoms with van der Waals surface area (Å²) in [5.41, 5.74) is 0. The number of rotatable bonds is 7. The van der Waals surface area contributed by atoms with Gasteiger partial charge in [-0.2, -0.15) is 0 Å². The summed E-state index contributed by atoms with van der Waals surface area (Å²) in [6, 6.07) is 0. The number of hydrogen-bond acceptors (Lipinski definition) is 2. The molecular weight excluding hydrogens is 188 g/mol. The minimum Gasteiger partial charge on any atom is -0.463 e. The van der Waals surface area contributed by atoms with Crippen molar-refractivity contribution in [1.82, 2.24) is 0 Å². The predicted octanol–water partition coefficient (Wildman–Crippen LogP) is 3.57. The molecule has 0 fully saturated rings. The minimum atomic E-state index is -0.230. The maximum atomic E-state index is 11.1. The highest BCUT2D eigenvalue weighted by Gasteiger charge is 2.08. The summed E-state index contributed by atoms with van der Waals surface area (Å²) >= 11 is 0. The van der Waals surface area contributed by atoms with Crippen molar-refractivity contribution in [1.29, 1.82) is 0 Å². The molecule has 0 radical (unpaired) electrons. The first-order valence-electron chi connectivity index (χ1n) is 5.96. The zero-order chi connectivity index (χ0) is 11.7. The lowest BCUT2D eigenvalue weighted by Crippen LogP contribution is -2.07. The topological polar surface area (TPSA) is 26.3 Å². The highest BCUT2D eigenvalue weighted by Crippen LogP contribution is 2.18. The summed E-state index contributed by atoms with van der Waals surface area (Å²) in [6.45, 7) is 8.85. The standard InChI is InChI=1S/C13H24O2/c1-5-7-8-11(3)12(4)9-10-13(14)15-6-2/h9-12H,5-8H2,1-4H3. The molecule has 0 aliphatic heterocycles. The molecule has 0 saturated carbocycles. The maximum absolute atomic E-state index is 11.1. The zero-order valence-electron chi connectivity index (χ0n) is 10.5. The van der Waals surface area contributed by atoms with Crippen molar-refractivity contribution in [2.24, 2.45) is 11.8 Å². The van der Waals surface area contributed by atoms with Gasteiger partial charge in [0.15, 0.2) is 0 Å². The molecule has 88 valence electrons. The van der Waals surface area contributed by atoms with E-state index < -0.39 is 0 Å². The molecule has 0 amide bonds. The molecule has 15 heavy (non-hydrogen) atoms. The van der Waals surface area contributed by atoms with Gasteiger partial charge in [-0.3, -0.25) is 0 Å². The lowest BCUT2D eigenvalue weighted by atomic mass is 9.91. The molecule has 2 heteroatoms. The van der Waals surface area contributed by atoms with Crippen LogP contribution in [0.15, 0.2) is 12.2 Å². The van der Waals surface area contributed by atoms with Gasteiger partial charge in [0.2, 0.25) is 0 Å². The second kappa shape index (κ2) is 8.51. The van der Waals surface area contributed by atoms with Crippen LogP contribution in [-0.2, 0) is 9.53 Å². The summed E-state index contributed by atoms with van der Waals surface area (Å²) in [5, 5.41) is 0. The molecule has 0 bridgehead atoms. The summed E-state index contributed by atoms with van der Waals surface area (Å²) in [7, 11) is 0. The van der Waals surface area contributed by atoms with Gasteiger partial charge in [-0.05, 0) is 18.8 Å². The SMILES string of the molecule is CCCCC(C)C(C)C=CC(=O)OCC. The summed E-state index contributed by atoms with van der Waals surface area (Å²) in [6.07, 6.45) is 7.23. The fraction of sp³-hybridized carbons (Fsp3) is 0.769. The van der Waals surface area contributed by atoms with Crippen molar-refractivity contribution in [3.8, 4) is 0 Å².